The molecule has 2 heterocycles. The van der Waals surface area contributed by atoms with E-state index in [0.717, 1.165) is 6.92 Å². The van der Waals surface area contributed by atoms with Gasteiger partial charge in [-0.25, -0.2) is 9.59 Å². The zero-order valence-electron chi connectivity index (χ0n) is 21.0. The van der Waals surface area contributed by atoms with E-state index in [1.54, 1.807) is 0 Å². The Balaban J connectivity index is 0.00000722. The van der Waals surface area contributed by atoms with Crippen LogP contribution < -0.4 is 34.7 Å². The van der Waals surface area contributed by atoms with Gasteiger partial charge in [0, 0.05) is 5.57 Å². The van der Waals surface area contributed by atoms with E-state index in [4.69, 9.17) is 23.7 Å². The summed E-state index contributed by atoms with van der Waals surface area (Å²) in [6.07, 6.45) is -17.8. The molecule has 16 nitrogen and oxygen atoms in total. The zero-order chi connectivity index (χ0) is 28.0. The number of aliphatic imine (C=N–C) groups is 1. The average molecular weight is 561 g/mol. The second kappa shape index (κ2) is 15.5. The molecule has 2 aliphatic heterocycles. The Morgan fingerprint density at radius 2 is 1.66 bits per heavy atom. The van der Waals surface area contributed by atoms with Gasteiger partial charge in [-0.1, -0.05) is 6.58 Å². The van der Waals surface area contributed by atoms with Crippen LogP contribution in [0.25, 0.3) is 0 Å². The van der Waals surface area contributed by atoms with Crippen LogP contribution in [0.1, 0.15) is 13.8 Å². The third kappa shape index (κ3) is 9.16. The molecule has 7 N–H and O–H groups in total. The van der Waals surface area contributed by atoms with Crippen molar-refractivity contribution in [3.8, 4) is 0 Å². The molecule has 2 saturated heterocycles. The van der Waals surface area contributed by atoms with Gasteiger partial charge < -0.3 is 64.5 Å². The topological polar surface area (TPSA) is 257 Å². The molecule has 0 spiro atoms. The molecule has 2 fully saturated rings. The summed E-state index contributed by atoms with van der Waals surface area (Å²) in [5.74, 6) is -3.20. The van der Waals surface area contributed by atoms with Gasteiger partial charge in [-0.2, -0.15) is 0 Å². The molecule has 0 aliphatic carbocycles. The van der Waals surface area contributed by atoms with Crippen LogP contribution in [-0.4, -0.2) is 141 Å². The normalized spacial score (nSPS) is 36.6. The molecule has 0 bridgehead atoms. The summed E-state index contributed by atoms with van der Waals surface area (Å²) >= 11 is 0. The summed E-state index contributed by atoms with van der Waals surface area (Å²) in [4.78, 5) is 26.6. The van der Waals surface area contributed by atoms with Crippen LogP contribution in [0, 0.1) is 0 Å². The Bertz CT molecular complexity index is 839. The van der Waals surface area contributed by atoms with E-state index in [-0.39, 0.29) is 41.7 Å². The van der Waals surface area contributed by atoms with Gasteiger partial charge in [-0.05, 0) is 19.7 Å². The van der Waals surface area contributed by atoms with Crippen molar-refractivity contribution in [3.05, 3.63) is 12.2 Å². The number of carboxylic acids is 1. The molecule has 17 heteroatoms. The second-order valence-corrected chi connectivity index (χ2v) is 8.60. The summed E-state index contributed by atoms with van der Waals surface area (Å²) in [6.45, 7) is 4.57. The molecule has 38 heavy (non-hydrogen) atoms. The van der Waals surface area contributed by atoms with Crippen molar-refractivity contribution in [2.45, 2.75) is 81.3 Å². The number of rotatable bonds is 11. The van der Waals surface area contributed by atoms with Gasteiger partial charge in [0.25, 0.3) is 0 Å². The van der Waals surface area contributed by atoms with Gasteiger partial charge in [0.15, 0.2) is 18.7 Å². The van der Waals surface area contributed by atoms with Crippen LogP contribution in [0.2, 0.25) is 0 Å². The number of hydrogen-bond acceptors (Lipinski definition) is 15. The first-order chi connectivity index (χ1) is 17.2. The molecule has 0 amide bonds. The molecular weight excluding hydrogens is 529 g/mol. The summed E-state index contributed by atoms with van der Waals surface area (Å²) in [7, 11) is 0. The van der Waals surface area contributed by atoms with E-state index in [1.807, 2.05) is 0 Å². The van der Waals surface area contributed by atoms with Crippen LogP contribution in [0.15, 0.2) is 17.1 Å². The Morgan fingerprint density at radius 1 is 1.03 bits per heavy atom. The van der Waals surface area contributed by atoms with Crippen LogP contribution in [0.5, 0.6) is 0 Å². The number of aliphatic hydroxyl groups is 6. The number of esters is 1. The van der Waals surface area contributed by atoms with Crippen molar-refractivity contribution in [2.75, 3.05) is 19.8 Å². The number of nitrogens with zero attached hydrogens (tertiary/aromatic N) is 1. The minimum Gasteiger partial charge on any atom is -0.862 e. The molecule has 1 unspecified atom stereocenters. The van der Waals surface area contributed by atoms with Gasteiger partial charge in [0.2, 0.25) is 0 Å². The predicted octanol–water partition coefficient (Wildman–Crippen LogP) is -8.01. The Labute approximate surface area is 239 Å². The summed E-state index contributed by atoms with van der Waals surface area (Å²) in [6, 6.07) is -1.60. The van der Waals surface area contributed by atoms with Crippen molar-refractivity contribution in [2.24, 2.45) is 4.99 Å². The van der Waals surface area contributed by atoms with Crippen LogP contribution in [-0.2, 0) is 33.3 Å². The molecule has 0 aromatic heterocycles. The maximum Gasteiger partial charge on any atom is 1.00 e. The maximum absolute atomic E-state index is 11.6. The fraction of sp³-hybridized carbons (Fsp3) is 0.762. The second-order valence-electron chi connectivity index (χ2n) is 8.60. The molecular formula is C21H32NNaO15. The first kappa shape index (κ1) is 34.8. The fourth-order valence-electron chi connectivity index (χ4n) is 3.53. The summed E-state index contributed by atoms with van der Waals surface area (Å²) in [5, 5.41) is 81.7. The van der Waals surface area contributed by atoms with Crippen LogP contribution in [0.4, 0.5) is 0 Å². The van der Waals surface area contributed by atoms with Crippen molar-refractivity contribution in [3.63, 3.8) is 0 Å². The van der Waals surface area contributed by atoms with E-state index in [1.165, 1.54) is 6.92 Å². The number of aliphatic hydroxyl groups excluding tert-OH is 6. The molecule has 0 aromatic carbocycles. The molecule has 0 saturated carbocycles. The minimum absolute atomic E-state index is 0. The van der Waals surface area contributed by atoms with E-state index < -0.39 is 98.5 Å². The first-order valence-electron chi connectivity index (χ1n) is 11.1. The number of carbonyl (C=O) groups excluding carboxylic acids is 1. The van der Waals surface area contributed by atoms with Crippen molar-refractivity contribution < 1.29 is 104 Å². The minimum atomic E-state index is -2.05. The number of hydrogen-bond donors (Lipinski definition) is 7. The zero-order valence-corrected chi connectivity index (χ0v) is 23.0. The Hall–Kier alpha value is -1.25. The SMILES string of the molecule is C=C(C)C(=O)OCC(O)COC[C@H]1O[C@@H](O[C@H]2[C@H](O)[C@@H](O)[C@H](O)O[C@@H]2C(=O)O)[C@H](N=C(C)[O-])[C@@H](O)[C@@H]1O.[Na+]. The summed E-state index contributed by atoms with van der Waals surface area (Å²) < 4.78 is 25.8. The largest absolute Gasteiger partial charge is 1.00 e. The Kier molecular flexibility index (Phi) is 14.2. The smallest absolute Gasteiger partial charge is 0.862 e. The molecule has 212 valence electrons. The number of ether oxygens (including phenoxy) is 5. The molecule has 0 aromatic rings. The van der Waals surface area contributed by atoms with Crippen molar-refractivity contribution in [1.82, 2.24) is 0 Å². The maximum atomic E-state index is 11.6. The van der Waals surface area contributed by atoms with E-state index in [0.29, 0.717) is 0 Å². The fourth-order valence-corrected chi connectivity index (χ4v) is 3.53. The summed E-state index contributed by atoms with van der Waals surface area (Å²) in [5.41, 5.74) is 0.123. The predicted molar refractivity (Wildman–Crippen MR) is 116 cm³/mol. The van der Waals surface area contributed by atoms with Gasteiger partial charge in [-0.3, -0.25) is 4.99 Å². The first-order valence-corrected chi connectivity index (χ1v) is 11.1. The van der Waals surface area contributed by atoms with Gasteiger partial charge in [-0.15, -0.1) is 0 Å². The third-order valence-electron chi connectivity index (χ3n) is 5.44. The standard InChI is InChI=1S/C21H33NO15.Na/c1-7(2)19(31)34-5-9(24)4-33-6-10-12(25)13(26)11(22-8(3)23)21(35-10)37-16-14(27)15(28)20(32)36-17(16)18(29)30;/h9-17,20-21,24-28,32H,1,4-6H2,2-3H3,(H,22,23)(H,29,30);/q;+1/p-1/t9?,10-,11-,12-,13-,14-,15-,16+,17+,20-,21+;/m1./s1. The number of carboxylic acid groups (broad SMARTS) is 1. The van der Waals surface area contributed by atoms with E-state index >= 15 is 0 Å². The number of carbonyl (C=O) groups is 2. The van der Waals surface area contributed by atoms with Crippen LogP contribution in [0.3, 0.4) is 0 Å². The monoisotopic (exact) mass is 561 g/mol. The number of aliphatic carboxylic acids is 1. The van der Waals surface area contributed by atoms with Crippen LogP contribution >= 0.6 is 0 Å². The van der Waals surface area contributed by atoms with Gasteiger partial charge >= 0.3 is 41.5 Å². The van der Waals surface area contributed by atoms with E-state index in [2.05, 4.69) is 11.6 Å². The third-order valence-corrected chi connectivity index (χ3v) is 5.44. The van der Waals surface area contributed by atoms with Crippen molar-refractivity contribution >= 4 is 17.8 Å². The van der Waals surface area contributed by atoms with Crippen molar-refractivity contribution in [1.29, 1.82) is 0 Å². The molecule has 2 aliphatic rings. The molecule has 0 radical (unpaired) electrons. The quantitative estimate of drug-likeness (QED) is 0.0406. The molecule has 2 rings (SSSR count). The van der Waals surface area contributed by atoms with Gasteiger partial charge in [0.1, 0.15) is 55.4 Å². The molecule has 11 atom stereocenters. The Morgan fingerprint density at radius 3 is 2.21 bits per heavy atom. The van der Waals surface area contributed by atoms with E-state index in [9.17, 15) is 50.4 Å². The average Bonchev–Trinajstić information content (AvgIpc) is 2.82. The van der Waals surface area contributed by atoms with Gasteiger partial charge in [0.05, 0.1) is 13.2 Å².